The van der Waals surface area contributed by atoms with E-state index in [-0.39, 0.29) is 5.43 Å². The zero-order chi connectivity index (χ0) is 10.1. The molecule has 0 aliphatic carbocycles. The molecule has 2 rings (SSSR count). The average molecular weight is 209 g/mol. The minimum absolute atomic E-state index is 0.0104. The fourth-order valence-corrected chi connectivity index (χ4v) is 1.56. The monoisotopic (exact) mass is 208 g/mol. The molecule has 14 heavy (non-hydrogen) atoms. The fourth-order valence-electron chi connectivity index (χ4n) is 1.39. The summed E-state index contributed by atoms with van der Waals surface area (Å²) in [4.78, 5) is 11.8. The molecule has 2 aromatic rings. The third kappa shape index (κ3) is 1.42. The molecule has 72 valence electrons. The van der Waals surface area contributed by atoms with E-state index in [2.05, 4.69) is 0 Å². The van der Waals surface area contributed by atoms with E-state index in [1.54, 1.807) is 18.2 Å². The molecule has 0 bridgehead atoms. The van der Waals surface area contributed by atoms with Gasteiger partial charge in [-0.3, -0.25) is 4.79 Å². The first-order chi connectivity index (χ1) is 6.72. The quantitative estimate of drug-likeness (QED) is 0.721. The summed E-state index contributed by atoms with van der Waals surface area (Å²) in [6, 6.07) is 5.05. The molecule has 0 atom stereocenters. The lowest BCUT2D eigenvalue weighted by Crippen LogP contribution is -2.07. The third-order valence-corrected chi connectivity index (χ3v) is 2.42. The van der Waals surface area contributed by atoms with Crippen LogP contribution in [0, 0.1) is 0 Å². The molecule has 3 heteroatoms. The van der Waals surface area contributed by atoms with Crippen molar-refractivity contribution in [1.82, 2.24) is 0 Å². The molecule has 0 radical (unpaired) electrons. The molecule has 0 aliphatic heterocycles. The predicted molar refractivity (Wildman–Crippen MR) is 56.9 cm³/mol. The van der Waals surface area contributed by atoms with Crippen molar-refractivity contribution < 1.29 is 4.42 Å². The molecule has 0 amide bonds. The van der Waals surface area contributed by atoms with Crippen LogP contribution in [0.25, 0.3) is 11.0 Å². The zero-order valence-electron chi connectivity index (χ0n) is 7.71. The van der Waals surface area contributed by atoms with E-state index in [4.69, 9.17) is 16.0 Å². The van der Waals surface area contributed by atoms with Crippen molar-refractivity contribution in [3.05, 3.63) is 45.3 Å². The van der Waals surface area contributed by atoms with Crippen LogP contribution in [0.1, 0.15) is 12.5 Å². The largest absolute Gasteiger partial charge is 0.464 e. The number of halogens is 1. The van der Waals surface area contributed by atoms with Gasteiger partial charge in [0.05, 0.1) is 11.6 Å². The minimum atomic E-state index is 0.0104. The average Bonchev–Trinajstić information content (AvgIpc) is 2.20. The summed E-state index contributed by atoms with van der Waals surface area (Å²) in [5.74, 6) is 0. The van der Waals surface area contributed by atoms with E-state index in [0.29, 0.717) is 28.0 Å². The topological polar surface area (TPSA) is 30.2 Å². The van der Waals surface area contributed by atoms with Crippen LogP contribution in [0.2, 0.25) is 5.02 Å². The van der Waals surface area contributed by atoms with Gasteiger partial charge in [0.25, 0.3) is 0 Å². The smallest absolute Gasteiger partial charge is 0.195 e. The van der Waals surface area contributed by atoms with Crippen LogP contribution in [0.5, 0.6) is 0 Å². The lowest BCUT2D eigenvalue weighted by molar-refractivity contribution is 0.594. The van der Waals surface area contributed by atoms with Crippen molar-refractivity contribution >= 4 is 22.6 Å². The maximum atomic E-state index is 11.8. The number of fused-ring (bicyclic) bond motifs is 1. The van der Waals surface area contributed by atoms with Crippen molar-refractivity contribution in [1.29, 1.82) is 0 Å². The number of hydrogen-bond donors (Lipinski definition) is 0. The summed E-state index contributed by atoms with van der Waals surface area (Å²) in [6.45, 7) is 1.92. The van der Waals surface area contributed by atoms with Crippen molar-refractivity contribution in [3.63, 3.8) is 0 Å². The lowest BCUT2D eigenvalue weighted by Gasteiger charge is -1.99. The Bertz CT molecular complexity index is 528. The summed E-state index contributed by atoms with van der Waals surface area (Å²) in [6.07, 6.45) is 2.18. The van der Waals surface area contributed by atoms with E-state index in [9.17, 15) is 4.79 Å². The van der Waals surface area contributed by atoms with E-state index in [1.165, 1.54) is 6.26 Å². The van der Waals surface area contributed by atoms with Gasteiger partial charge in [-0.25, -0.2) is 0 Å². The summed E-state index contributed by atoms with van der Waals surface area (Å²) < 4.78 is 5.31. The van der Waals surface area contributed by atoms with E-state index in [0.717, 1.165) is 0 Å². The van der Waals surface area contributed by atoms with Gasteiger partial charge in [0.1, 0.15) is 5.58 Å². The standard InChI is InChI=1S/C11H9ClO2/c1-2-7-6-14-10-4-3-8(12)5-9(10)11(7)13/h3-6H,2H2,1H3. The molecular formula is C11H9ClO2. The van der Waals surface area contributed by atoms with Crippen LogP contribution in [-0.2, 0) is 6.42 Å². The van der Waals surface area contributed by atoms with Gasteiger partial charge < -0.3 is 4.42 Å². The molecular weight excluding hydrogens is 200 g/mol. The second-order valence-electron chi connectivity index (χ2n) is 3.08. The molecule has 1 aromatic carbocycles. The first-order valence-corrected chi connectivity index (χ1v) is 4.80. The number of rotatable bonds is 1. The molecule has 0 fully saturated rings. The van der Waals surface area contributed by atoms with Gasteiger partial charge in [-0.05, 0) is 24.6 Å². The maximum absolute atomic E-state index is 11.8. The zero-order valence-corrected chi connectivity index (χ0v) is 8.47. The molecule has 0 aliphatic rings. The molecule has 2 nitrogen and oxygen atoms in total. The second kappa shape index (κ2) is 3.46. The Morgan fingerprint density at radius 1 is 1.43 bits per heavy atom. The van der Waals surface area contributed by atoms with Gasteiger partial charge >= 0.3 is 0 Å². The van der Waals surface area contributed by atoms with Crippen LogP contribution in [-0.4, -0.2) is 0 Å². The van der Waals surface area contributed by atoms with Crippen molar-refractivity contribution in [2.75, 3.05) is 0 Å². The van der Waals surface area contributed by atoms with Crippen LogP contribution < -0.4 is 5.43 Å². The van der Waals surface area contributed by atoms with Gasteiger partial charge in [-0.15, -0.1) is 0 Å². The first-order valence-electron chi connectivity index (χ1n) is 4.42. The number of hydrogen-bond acceptors (Lipinski definition) is 2. The summed E-state index contributed by atoms with van der Waals surface area (Å²) in [7, 11) is 0. The van der Waals surface area contributed by atoms with Gasteiger partial charge in [0.2, 0.25) is 0 Å². The highest BCUT2D eigenvalue weighted by Crippen LogP contribution is 2.16. The minimum Gasteiger partial charge on any atom is -0.464 e. The Hall–Kier alpha value is -1.28. The summed E-state index contributed by atoms with van der Waals surface area (Å²) in [5, 5.41) is 1.11. The Balaban J connectivity index is 2.87. The molecule has 1 aromatic heterocycles. The highest BCUT2D eigenvalue weighted by molar-refractivity contribution is 6.31. The molecule has 1 heterocycles. The SMILES string of the molecule is CCc1coc2ccc(Cl)cc2c1=O. The molecule has 0 saturated heterocycles. The van der Waals surface area contributed by atoms with E-state index < -0.39 is 0 Å². The molecule has 0 spiro atoms. The highest BCUT2D eigenvalue weighted by atomic mass is 35.5. The van der Waals surface area contributed by atoms with Crippen molar-refractivity contribution in [2.45, 2.75) is 13.3 Å². The van der Waals surface area contributed by atoms with Crippen LogP contribution in [0.15, 0.2) is 33.7 Å². The van der Waals surface area contributed by atoms with Gasteiger partial charge in [-0.2, -0.15) is 0 Å². The summed E-state index contributed by atoms with van der Waals surface area (Å²) >= 11 is 5.81. The normalized spacial score (nSPS) is 10.7. The van der Waals surface area contributed by atoms with Gasteiger partial charge in [0, 0.05) is 10.6 Å². The third-order valence-electron chi connectivity index (χ3n) is 2.19. The Kier molecular flexibility index (Phi) is 2.30. The first kappa shape index (κ1) is 9.28. The van der Waals surface area contributed by atoms with Gasteiger partial charge in [-0.1, -0.05) is 18.5 Å². The van der Waals surface area contributed by atoms with Crippen LogP contribution in [0.4, 0.5) is 0 Å². The second-order valence-corrected chi connectivity index (χ2v) is 3.52. The Labute approximate surface area is 86.1 Å². The number of aryl methyl sites for hydroxylation is 1. The van der Waals surface area contributed by atoms with E-state index >= 15 is 0 Å². The molecule has 0 N–H and O–H groups in total. The highest BCUT2D eigenvalue weighted by Gasteiger charge is 2.05. The predicted octanol–water partition coefficient (Wildman–Crippen LogP) is 3.01. The molecule has 0 unspecified atom stereocenters. The van der Waals surface area contributed by atoms with Crippen molar-refractivity contribution in [2.24, 2.45) is 0 Å². The molecule has 0 saturated carbocycles. The summed E-state index contributed by atoms with van der Waals surface area (Å²) in [5.41, 5.74) is 1.27. The van der Waals surface area contributed by atoms with Crippen LogP contribution in [0.3, 0.4) is 0 Å². The van der Waals surface area contributed by atoms with E-state index in [1.807, 2.05) is 6.92 Å². The van der Waals surface area contributed by atoms with Gasteiger partial charge in [0.15, 0.2) is 5.43 Å². The fraction of sp³-hybridized carbons (Fsp3) is 0.182. The number of benzene rings is 1. The van der Waals surface area contributed by atoms with Crippen LogP contribution >= 0.6 is 11.6 Å². The lowest BCUT2D eigenvalue weighted by atomic mass is 10.1. The maximum Gasteiger partial charge on any atom is 0.195 e. The Morgan fingerprint density at radius 2 is 2.21 bits per heavy atom. The Morgan fingerprint density at radius 3 is 2.93 bits per heavy atom. The van der Waals surface area contributed by atoms with Crippen molar-refractivity contribution in [3.8, 4) is 0 Å².